The van der Waals surface area contributed by atoms with Crippen LogP contribution in [0, 0.1) is 13.8 Å². The third-order valence-electron chi connectivity index (χ3n) is 7.32. The summed E-state index contributed by atoms with van der Waals surface area (Å²) in [5.74, 6) is -2.65. The molecule has 2 rings (SSSR count). The fourth-order valence-electron chi connectivity index (χ4n) is 4.83. The van der Waals surface area contributed by atoms with Crippen LogP contribution in [-0.4, -0.2) is 72.0 Å². The van der Waals surface area contributed by atoms with Crippen molar-refractivity contribution in [2.24, 2.45) is 33.7 Å². The van der Waals surface area contributed by atoms with Crippen molar-refractivity contribution in [3.8, 4) is 5.75 Å². The number of unbranched alkanes of at least 4 members (excludes halogenated alkanes) is 1. The number of aliphatic imine (C=N–C) groups is 1. The Balaban J connectivity index is 2.32. The number of hydrogen-bond donors (Lipinski definition) is 9. The van der Waals surface area contributed by atoms with Crippen LogP contribution in [0.2, 0.25) is 0 Å². The van der Waals surface area contributed by atoms with Gasteiger partial charge in [0.05, 0.1) is 6.04 Å². The number of phenolic OH excluding ortho intramolecular Hbond substituents is 1. The van der Waals surface area contributed by atoms with Crippen molar-refractivity contribution in [1.82, 2.24) is 16.0 Å². The summed E-state index contributed by atoms with van der Waals surface area (Å²) in [7, 11) is 0. The van der Waals surface area contributed by atoms with E-state index < -0.39 is 47.8 Å². The molecule has 45 heavy (non-hydrogen) atoms. The number of hydrogen-bond acceptors (Lipinski definition) is 8. The minimum atomic E-state index is -1.14. The number of primary amides is 1. The van der Waals surface area contributed by atoms with Gasteiger partial charge in [-0.15, -0.1) is 0 Å². The number of aromatic hydroxyl groups is 1. The predicted molar refractivity (Wildman–Crippen MR) is 173 cm³/mol. The summed E-state index contributed by atoms with van der Waals surface area (Å²) in [6.45, 7) is 4.05. The fourth-order valence-corrected chi connectivity index (χ4v) is 4.83. The second kappa shape index (κ2) is 18.2. The Kier molecular flexibility index (Phi) is 14.8. The second-order valence-corrected chi connectivity index (χ2v) is 11.0. The quantitative estimate of drug-likeness (QED) is 0.0549. The third-order valence-corrected chi connectivity index (χ3v) is 7.32. The van der Waals surface area contributed by atoms with Crippen molar-refractivity contribution in [1.29, 1.82) is 0 Å². The maximum Gasteiger partial charge on any atom is 0.243 e. The minimum Gasteiger partial charge on any atom is -0.508 e. The van der Waals surface area contributed by atoms with Gasteiger partial charge in [-0.05, 0) is 80.5 Å². The summed E-state index contributed by atoms with van der Waals surface area (Å²) >= 11 is 0. The third kappa shape index (κ3) is 12.4. The molecule has 4 amide bonds. The number of carbonyl (C=O) groups is 4. The van der Waals surface area contributed by atoms with E-state index >= 15 is 0 Å². The normalized spacial score (nSPS) is 13.5. The first kappa shape index (κ1) is 36.5. The Morgan fingerprint density at radius 3 is 1.96 bits per heavy atom. The lowest BCUT2D eigenvalue weighted by Gasteiger charge is -2.26. The average Bonchev–Trinajstić information content (AvgIpc) is 2.97. The molecule has 14 nitrogen and oxygen atoms in total. The predicted octanol–water partition coefficient (Wildman–Crippen LogP) is -1.15. The zero-order valence-electron chi connectivity index (χ0n) is 25.9. The number of aryl methyl sites for hydroxylation is 2. The van der Waals surface area contributed by atoms with Crippen LogP contribution in [0.5, 0.6) is 5.75 Å². The van der Waals surface area contributed by atoms with Gasteiger partial charge >= 0.3 is 0 Å². The number of guanidine groups is 1. The lowest BCUT2D eigenvalue weighted by molar-refractivity contribution is -0.133. The van der Waals surface area contributed by atoms with Crippen molar-refractivity contribution in [3.05, 3.63) is 64.7 Å². The maximum absolute atomic E-state index is 13.8. The fraction of sp³-hybridized carbons (Fsp3) is 0.452. The molecule has 0 aliphatic rings. The topological polar surface area (TPSA) is 267 Å². The van der Waals surface area contributed by atoms with Crippen LogP contribution in [0.1, 0.15) is 47.9 Å². The van der Waals surface area contributed by atoms with E-state index in [0.29, 0.717) is 30.5 Å². The van der Waals surface area contributed by atoms with Crippen molar-refractivity contribution in [2.45, 2.75) is 76.5 Å². The Morgan fingerprint density at radius 2 is 1.38 bits per heavy atom. The Bertz CT molecular complexity index is 1310. The van der Waals surface area contributed by atoms with Crippen LogP contribution in [0.4, 0.5) is 0 Å². The Labute approximate surface area is 263 Å². The smallest absolute Gasteiger partial charge is 0.243 e. The van der Waals surface area contributed by atoms with Crippen LogP contribution in [-0.2, 0) is 32.0 Å². The van der Waals surface area contributed by atoms with Crippen molar-refractivity contribution >= 4 is 29.6 Å². The molecule has 4 atom stereocenters. The maximum atomic E-state index is 13.8. The first-order chi connectivity index (χ1) is 21.3. The lowest BCUT2D eigenvalue weighted by Crippen LogP contribution is -2.58. The highest BCUT2D eigenvalue weighted by molar-refractivity contribution is 5.94. The highest BCUT2D eigenvalue weighted by Crippen LogP contribution is 2.22. The van der Waals surface area contributed by atoms with Crippen LogP contribution < -0.4 is 44.6 Å². The standard InChI is InChI=1S/C31H47N9O5/c1-18-14-21(41)15-19(2)22(18)17-26(40-28(43)23(33)11-13-37-31(35)36)30(45)38-24(10-6-7-12-32)29(44)39-25(27(34)42)16-20-8-4-3-5-9-20/h3-5,8-9,14-15,23-26,41H,6-7,10-13,16-17,32-33H2,1-2H3,(H2,34,42)(H,38,45)(H,39,44)(H,40,43)(H4,35,36,37)/t23-,24+,25+,26+/m1/s1. The number of phenols is 1. The van der Waals surface area contributed by atoms with Gasteiger partial charge in [-0.1, -0.05) is 30.3 Å². The van der Waals surface area contributed by atoms with Gasteiger partial charge in [0.1, 0.15) is 23.9 Å². The SMILES string of the molecule is Cc1cc(O)cc(C)c1C[C@H](NC(=O)[C@H](N)CCN=C(N)N)C(=O)N[C@@H](CCCCN)C(=O)N[C@@H](Cc1ccccc1)C(N)=O. The molecule has 0 unspecified atom stereocenters. The van der Waals surface area contributed by atoms with Gasteiger partial charge in [0.25, 0.3) is 0 Å². The number of amides is 4. The van der Waals surface area contributed by atoms with Gasteiger partial charge in [0.15, 0.2) is 5.96 Å². The Hall–Kier alpha value is -4.69. The van der Waals surface area contributed by atoms with Crippen molar-refractivity contribution in [2.75, 3.05) is 13.1 Å². The molecule has 246 valence electrons. The van der Waals surface area contributed by atoms with Gasteiger partial charge in [0.2, 0.25) is 23.6 Å². The second-order valence-electron chi connectivity index (χ2n) is 11.0. The van der Waals surface area contributed by atoms with E-state index in [0.717, 1.165) is 11.1 Å². The molecular formula is C31H47N9O5. The van der Waals surface area contributed by atoms with Gasteiger partial charge in [0, 0.05) is 19.4 Å². The number of carbonyl (C=O) groups excluding carboxylic acids is 4. The van der Waals surface area contributed by atoms with Gasteiger partial charge in [-0.25, -0.2) is 0 Å². The highest BCUT2D eigenvalue weighted by atomic mass is 16.3. The number of nitrogens with one attached hydrogen (secondary N) is 3. The van der Waals surface area contributed by atoms with E-state index in [1.54, 1.807) is 26.0 Å². The Morgan fingerprint density at radius 1 is 0.800 bits per heavy atom. The van der Waals surface area contributed by atoms with Gasteiger partial charge < -0.3 is 49.7 Å². The average molecular weight is 626 g/mol. The number of nitrogens with two attached hydrogens (primary N) is 5. The molecule has 0 saturated heterocycles. The van der Waals surface area contributed by atoms with Crippen molar-refractivity contribution in [3.63, 3.8) is 0 Å². The molecule has 2 aromatic carbocycles. The molecule has 0 bridgehead atoms. The molecular weight excluding hydrogens is 578 g/mol. The molecule has 0 aliphatic heterocycles. The highest BCUT2D eigenvalue weighted by Gasteiger charge is 2.30. The first-order valence-corrected chi connectivity index (χ1v) is 14.9. The molecule has 0 spiro atoms. The molecule has 0 radical (unpaired) electrons. The van der Waals surface area contributed by atoms with Crippen molar-refractivity contribution < 1.29 is 24.3 Å². The molecule has 0 aliphatic carbocycles. The number of benzene rings is 2. The van der Waals surface area contributed by atoms with Gasteiger partial charge in [-0.2, -0.15) is 0 Å². The first-order valence-electron chi connectivity index (χ1n) is 14.9. The minimum absolute atomic E-state index is 0.0468. The summed E-state index contributed by atoms with van der Waals surface area (Å²) in [5, 5.41) is 18.1. The summed E-state index contributed by atoms with van der Waals surface area (Å²) in [4.78, 5) is 56.4. The van der Waals surface area contributed by atoms with E-state index in [1.807, 2.05) is 30.3 Å². The summed E-state index contributed by atoms with van der Waals surface area (Å²) < 4.78 is 0. The van der Waals surface area contributed by atoms with E-state index in [9.17, 15) is 24.3 Å². The van der Waals surface area contributed by atoms with E-state index in [2.05, 4.69) is 20.9 Å². The molecule has 0 saturated carbocycles. The van der Waals surface area contributed by atoms with Gasteiger partial charge in [-0.3, -0.25) is 24.2 Å². The summed E-state index contributed by atoms with van der Waals surface area (Å²) in [6.07, 6.45) is 1.67. The molecule has 14 N–H and O–H groups in total. The molecule has 0 aromatic heterocycles. The molecule has 0 fully saturated rings. The van der Waals surface area contributed by atoms with Crippen LogP contribution in [0.15, 0.2) is 47.5 Å². The van der Waals surface area contributed by atoms with E-state index in [1.165, 1.54) is 0 Å². The van der Waals surface area contributed by atoms with E-state index in [-0.39, 0.29) is 43.9 Å². The number of rotatable bonds is 18. The molecule has 14 heteroatoms. The van der Waals surface area contributed by atoms with Crippen LogP contribution >= 0.6 is 0 Å². The summed E-state index contributed by atoms with van der Waals surface area (Å²) in [5.41, 5.74) is 31.0. The van der Waals surface area contributed by atoms with Crippen LogP contribution in [0.3, 0.4) is 0 Å². The zero-order valence-corrected chi connectivity index (χ0v) is 25.9. The largest absolute Gasteiger partial charge is 0.508 e. The lowest BCUT2D eigenvalue weighted by atomic mass is 9.95. The molecule has 0 heterocycles. The summed E-state index contributed by atoms with van der Waals surface area (Å²) in [6, 6.07) is 7.94. The zero-order chi connectivity index (χ0) is 33.5. The van der Waals surface area contributed by atoms with E-state index in [4.69, 9.17) is 28.7 Å². The monoisotopic (exact) mass is 625 g/mol. The van der Waals surface area contributed by atoms with Crippen LogP contribution in [0.25, 0.3) is 0 Å². The number of nitrogens with zero attached hydrogens (tertiary/aromatic N) is 1. The molecule has 2 aromatic rings.